The van der Waals surface area contributed by atoms with Gasteiger partial charge in [-0.15, -0.1) is 0 Å². The van der Waals surface area contributed by atoms with Gasteiger partial charge in [0.15, 0.2) is 0 Å². The Balaban J connectivity index is 2.26. The van der Waals surface area contributed by atoms with Crippen LogP contribution in [-0.2, 0) is 4.79 Å². The lowest BCUT2D eigenvalue weighted by Gasteiger charge is -2.11. The van der Waals surface area contributed by atoms with Crippen LogP contribution in [0.25, 0.3) is 0 Å². The van der Waals surface area contributed by atoms with Gasteiger partial charge < -0.3 is 16.4 Å². The van der Waals surface area contributed by atoms with Crippen molar-refractivity contribution >= 4 is 29.1 Å². The van der Waals surface area contributed by atoms with E-state index in [1.165, 1.54) is 12.1 Å². The smallest absolute Gasteiger partial charge is 0.321 e. The van der Waals surface area contributed by atoms with Crippen molar-refractivity contribution in [2.75, 3.05) is 18.8 Å². The second-order valence-electron chi connectivity index (χ2n) is 4.85. The van der Waals surface area contributed by atoms with Crippen LogP contribution in [0.15, 0.2) is 18.2 Å². The Morgan fingerprint density at radius 1 is 1.23 bits per heavy atom. The fourth-order valence-corrected chi connectivity index (χ4v) is 1.82. The number of hydrogen-bond acceptors (Lipinski definition) is 3. The Labute approximate surface area is 132 Å². The van der Waals surface area contributed by atoms with E-state index in [4.69, 9.17) is 17.3 Å². The SMILES string of the molecule is CC(F)(F)C(=O)NCCCCNC(=O)c1cc(N)ccc1Cl. The number of rotatable bonds is 7. The van der Waals surface area contributed by atoms with Gasteiger partial charge in [0.05, 0.1) is 10.6 Å². The first-order valence-electron chi connectivity index (χ1n) is 6.71. The van der Waals surface area contributed by atoms with Crippen LogP contribution in [0.5, 0.6) is 0 Å². The number of alkyl halides is 2. The van der Waals surface area contributed by atoms with E-state index in [2.05, 4.69) is 10.6 Å². The zero-order valence-electron chi connectivity index (χ0n) is 12.1. The summed E-state index contributed by atoms with van der Waals surface area (Å²) in [6.07, 6.45) is 0.994. The van der Waals surface area contributed by atoms with Gasteiger partial charge in [0, 0.05) is 25.7 Å². The molecule has 0 atom stereocenters. The summed E-state index contributed by atoms with van der Waals surface area (Å²) in [5.74, 6) is -5.04. The molecule has 0 saturated carbocycles. The van der Waals surface area contributed by atoms with Crippen LogP contribution in [0.1, 0.15) is 30.1 Å². The fraction of sp³-hybridized carbons (Fsp3) is 0.429. The summed E-state index contributed by atoms with van der Waals surface area (Å²) in [7, 11) is 0. The van der Waals surface area contributed by atoms with E-state index in [9.17, 15) is 18.4 Å². The van der Waals surface area contributed by atoms with Gasteiger partial charge in [-0.1, -0.05) is 11.6 Å². The largest absolute Gasteiger partial charge is 0.399 e. The summed E-state index contributed by atoms with van der Waals surface area (Å²) in [6.45, 7) is 0.997. The van der Waals surface area contributed by atoms with Crippen molar-refractivity contribution in [3.05, 3.63) is 28.8 Å². The fourth-order valence-electron chi connectivity index (χ4n) is 1.62. The Hall–Kier alpha value is -1.89. The summed E-state index contributed by atoms with van der Waals surface area (Å²) >= 11 is 5.90. The highest BCUT2D eigenvalue weighted by atomic mass is 35.5. The average Bonchev–Trinajstić information content (AvgIpc) is 2.43. The van der Waals surface area contributed by atoms with Crippen molar-refractivity contribution < 1.29 is 18.4 Å². The molecule has 22 heavy (non-hydrogen) atoms. The second-order valence-corrected chi connectivity index (χ2v) is 5.25. The van der Waals surface area contributed by atoms with Crippen LogP contribution in [0.4, 0.5) is 14.5 Å². The standard InChI is InChI=1S/C14H18ClF2N3O2/c1-14(16,17)13(22)20-7-3-2-6-19-12(21)10-8-9(18)4-5-11(10)15/h4-5,8H,2-3,6-7,18H2,1H3,(H,19,21)(H,20,22). The molecule has 0 aromatic heterocycles. The Kier molecular flexibility index (Phi) is 6.55. The van der Waals surface area contributed by atoms with Gasteiger partial charge >= 0.3 is 5.92 Å². The number of hydrogen-bond donors (Lipinski definition) is 3. The van der Waals surface area contributed by atoms with Gasteiger partial charge in [-0.25, -0.2) is 0 Å². The van der Waals surface area contributed by atoms with E-state index in [-0.39, 0.29) is 18.0 Å². The normalized spacial score (nSPS) is 11.1. The number of amides is 2. The molecule has 4 N–H and O–H groups in total. The maximum atomic E-state index is 12.6. The number of anilines is 1. The van der Waals surface area contributed by atoms with Crippen LogP contribution in [0, 0.1) is 0 Å². The van der Waals surface area contributed by atoms with Crippen molar-refractivity contribution in [3.63, 3.8) is 0 Å². The summed E-state index contributed by atoms with van der Waals surface area (Å²) in [5.41, 5.74) is 6.29. The predicted octanol–water partition coefficient (Wildman–Crippen LogP) is 2.20. The maximum Gasteiger partial charge on any atom is 0.321 e. The summed E-state index contributed by atoms with van der Waals surface area (Å²) in [4.78, 5) is 22.8. The van der Waals surface area contributed by atoms with E-state index >= 15 is 0 Å². The van der Waals surface area contributed by atoms with Gasteiger partial charge in [0.25, 0.3) is 11.8 Å². The number of carbonyl (C=O) groups is 2. The number of nitrogen functional groups attached to an aromatic ring is 1. The molecule has 0 radical (unpaired) electrons. The first-order chi connectivity index (χ1) is 10.2. The van der Waals surface area contributed by atoms with Crippen molar-refractivity contribution in [3.8, 4) is 0 Å². The molecule has 1 rings (SSSR count). The summed E-state index contributed by atoms with van der Waals surface area (Å²) in [5, 5.41) is 5.06. The zero-order chi connectivity index (χ0) is 16.8. The van der Waals surface area contributed by atoms with Crippen LogP contribution in [0.2, 0.25) is 5.02 Å². The molecule has 0 aliphatic heterocycles. The van der Waals surface area contributed by atoms with E-state index in [1.807, 2.05) is 0 Å². The van der Waals surface area contributed by atoms with Crippen LogP contribution in [-0.4, -0.2) is 30.8 Å². The third-order valence-electron chi connectivity index (χ3n) is 2.81. The van der Waals surface area contributed by atoms with Crippen LogP contribution < -0.4 is 16.4 Å². The first kappa shape index (κ1) is 18.2. The van der Waals surface area contributed by atoms with Crippen molar-refractivity contribution in [2.24, 2.45) is 0 Å². The average molecular weight is 334 g/mol. The lowest BCUT2D eigenvalue weighted by atomic mass is 10.2. The lowest BCUT2D eigenvalue weighted by molar-refractivity contribution is -0.143. The molecule has 2 amide bonds. The molecule has 5 nitrogen and oxygen atoms in total. The zero-order valence-corrected chi connectivity index (χ0v) is 12.8. The number of nitrogens with two attached hydrogens (primary N) is 1. The minimum Gasteiger partial charge on any atom is -0.399 e. The Morgan fingerprint density at radius 2 is 1.82 bits per heavy atom. The second kappa shape index (κ2) is 7.93. The highest BCUT2D eigenvalue weighted by Gasteiger charge is 2.31. The number of unbranched alkanes of at least 4 members (excludes halogenated alkanes) is 1. The third-order valence-corrected chi connectivity index (χ3v) is 3.14. The summed E-state index contributed by atoms with van der Waals surface area (Å²) < 4.78 is 25.1. The van der Waals surface area contributed by atoms with Gasteiger partial charge in [-0.05, 0) is 31.0 Å². The van der Waals surface area contributed by atoms with Crippen LogP contribution in [0.3, 0.4) is 0 Å². The number of carbonyl (C=O) groups excluding carboxylic acids is 2. The first-order valence-corrected chi connectivity index (χ1v) is 7.09. The Morgan fingerprint density at radius 3 is 2.41 bits per heavy atom. The van der Waals surface area contributed by atoms with Crippen LogP contribution >= 0.6 is 11.6 Å². The minimum absolute atomic E-state index is 0.122. The molecule has 0 bridgehead atoms. The molecule has 0 saturated heterocycles. The Bertz CT molecular complexity index is 547. The minimum atomic E-state index is -3.38. The highest BCUT2D eigenvalue weighted by molar-refractivity contribution is 6.34. The highest BCUT2D eigenvalue weighted by Crippen LogP contribution is 2.18. The molecule has 0 aliphatic carbocycles. The van der Waals surface area contributed by atoms with Gasteiger partial charge in [0.2, 0.25) is 0 Å². The van der Waals surface area contributed by atoms with E-state index in [0.717, 1.165) is 0 Å². The van der Waals surface area contributed by atoms with E-state index < -0.39 is 11.8 Å². The molecule has 0 fully saturated rings. The van der Waals surface area contributed by atoms with E-state index in [1.54, 1.807) is 6.07 Å². The molecule has 0 aliphatic rings. The molecular weight excluding hydrogens is 316 g/mol. The molecule has 1 aromatic rings. The molecule has 8 heteroatoms. The lowest BCUT2D eigenvalue weighted by Crippen LogP contribution is -2.38. The van der Waals surface area contributed by atoms with Crippen molar-refractivity contribution in [2.45, 2.75) is 25.7 Å². The quantitative estimate of drug-likeness (QED) is 0.528. The topological polar surface area (TPSA) is 84.2 Å². The molecule has 122 valence electrons. The van der Waals surface area contributed by atoms with E-state index in [0.29, 0.717) is 37.0 Å². The van der Waals surface area contributed by atoms with Gasteiger partial charge in [-0.3, -0.25) is 9.59 Å². The molecule has 0 spiro atoms. The number of halogens is 3. The molecule has 1 aromatic carbocycles. The van der Waals surface area contributed by atoms with Gasteiger partial charge in [-0.2, -0.15) is 8.78 Å². The number of nitrogens with one attached hydrogen (secondary N) is 2. The third kappa shape index (κ3) is 5.85. The van der Waals surface area contributed by atoms with Gasteiger partial charge in [0.1, 0.15) is 0 Å². The number of benzene rings is 1. The molecular formula is C14H18ClF2N3O2. The maximum absolute atomic E-state index is 12.6. The summed E-state index contributed by atoms with van der Waals surface area (Å²) in [6, 6.07) is 4.60. The molecule has 0 unspecified atom stereocenters. The van der Waals surface area contributed by atoms with Crippen molar-refractivity contribution in [1.29, 1.82) is 0 Å². The molecule has 0 heterocycles. The monoisotopic (exact) mass is 333 g/mol. The predicted molar refractivity (Wildman–Crippen MR) is 81.1 cm³/mol. The van der Waals surface area contributed by atoms with Crippen molar-refractivity contribution in [1.82, 2.24) is 10.6 Å².